The van der Waals surface area contributed by atoms with Gasteiger partial charge in [0.05, 0.1) is 7.11 Å². The third-order valence-electron chi connectivity index (χ3n) is 3.38. The predicted octanol–water partition coefficient (Wildman–Crippen LogP) is 4.63. The average Bonchev–Trinajstić information content (AvgIpc) is 2.90. The summed E-state index contributed by atoms with van der Waals surface area (Å²) in [6.45, 7) is 1.90. The van der Waals surface area contributed by atoms with Crippen molar-refractivity contribution in [3.05, 3.63) is 64.4 Å². The molecule has 0 saturated heterocycles. The van der Waals surface area contributed by atoms with E-state index in [2.05, 4.69) is 0 Å². The molecule has 3 rings (SSSR count). The summed E-state index contributed by atoms with van der Waals surface area (Å²) in [5.74, 6) is 0.642. The molecule has 0 unspecified atom stereocenters. The number of carbonyl (C=O) groups excluding carboxylic acids is 1. The minimum absolute atomic E-state index is 0.150. The van der Waals surface area contributed by atoms with Crippen molar-refractivity contribution in [2.75, 3.05) is 7.11 Å². The van der Waals surface area contributed by atoms with Gasteiger partial charge >= 0.3 is 0 Å². The predicted molar refractivity (Wildman–Crippen MR) is 82.4 cm³/mol. The second-order valence-electron chi connectivity index (χ2n) is 4.78. The molecule has 0 aliphatic carbocycles. The van der Waals surface area contributed by atoms with E-state index >= 15 is 0 Å². The van der Waals surface area contributed by atoms with E-state index in [4.69, 9.17) is 20.8 Å². The number of benzene rings is 2. The fourth-order valence-corrected chi connectivity index (χ4v) is 2.53. The zero-order chi connectivity index (χ0) is 15.0. The van der Waals surface area contributed by atoms with Crippen molar-refractivity contribution in [3.8, 4) is 5.75 Å². The van der Waals surface area contributed by atoms with E-state index in [0.717, 1.165) is 10.9 Å². The number of furan rings is 1. The average molecular weight is 301 g/mol. The van der Waals surface area contributed by atoms with E-state index < -0.39 is 0 Å². The summed E-state index contributed by atoms with van der Waals surface area (Å²) in [6.07, 6.45) is 0. The monoisotopic (exact) mass is 300 g/mol. The largest absolute Gasteiger partial charge is 0.493 e. The molecular formula is C17H13ClO3. The molecule has 0 bridgehead atoms. The van der Waals surface area contributed by atoms with Gasteiger partial charge in [-0.3, -0.25) is 4.79 Å². The summed E-state index contributed by atoms with van der Waals surface area (Å²) in [7, 11) is 1.54. The Balaban J connectivity index is 2.14. The van der Waals surface area contributed by atoms with Crippen LogP contribution in [-0.4, -0.2) is 12.9 Å². The molecule has 0 amide bonds. The highest BCUT2D eigenvalue weighted by atomic mass is 35.5. The lowest BCUT2D eigenvalue weighted by atomic mass is 10.0. The van der Waals surface area contributed by atoms with Gasteiger partial charge in [-0.1, -0.05) is 35.9 Å². The van der Waals surface area contributed by atoms with Crippen molar-refractivity contribution < 1.29 is 13.9 Å². The number of rotatable bonds is 3. The lowest BCUT2D eigenvalue weighted by Crippen LogP contribution is -2.01. The summed E-state index contributed by atoms with van der Waals surface area (Å²) in [5, 5.41) is 1.28. The molecule has 1 heterocycles. The molecule has 106 valence electrons. The van der Waals surface area contributed by atoms with Crippen LogP contribution in [0.25, 0.3) is 11.0 Å². The van der Waals surface area contributed by atoms with Crippen LogP contribution in [0.5, 0.6) is 5.75 Å². The topological polar surface area (TPSA) is 39.4 Å². The second kappa shape index (κ2) is 5.26. The van der Waals surface area contributed by atoms with E-state index in [1.165, 1.54) is 7.11 Å². The van der Waals surface area contributed by atoms with E-state index in [-0.39, 0.29) is 11.5 Å². The maximum Gasteiger partial charge on any atom is 0.228 e. The summed E-state index contributed by atoms with van der Waals surface area (Å²) in [4.78, 5) is 12.6. The quantitative estimate of drug-likeness (QED) is 0.662. The minimum Gasteiger partial charge on any atom is -0.493 e. The number of ether oxygens (including phenoxy) is 1. The van der Waals surface area contributed by atoms with Gasteiger partial charge < -0.3 is 9.15 Å². The third-order valence-corrected chi connectivity index (χ3v) is 3.60. The van der Waals surface area contributed by atoms with Crippen LogP contribution in [0.3, 0.4) is 0 Å². The normalized spacial score (nSPS) is 10.8. The van der Waals surface area contributed by atoms with Gasteiger partial charge in [0.25, 0.3) is 0 Å². The summed E-state index contributed by atoms with van der Waals surface area (Å²) in [5.41, 5.74) is 2.06. The first kappa shape index (κ1) is 13.7. The Morgan fingerprint density at radius 3 is 2.67 bits per heavy atom. The van der Waals surface area contributed by atoms with Gasteiger partial charge in [-0.15, -0.1) is 0 Å². The van der Waals surface area contributed by atoms with Gasteiger partial charge in [-0.25, -0.2) is 0 Å². The molecule has 3 nitrogen and oxygen atoms in total. The molecule has 21 heavy (non-hydrogen) atoms. The van der Waals surface area contributed by atoms with Crippen LogP contribution in [-0.2, 0) is 0 Å². The molecule has 3 aromatic rings. The molecule has 0 saturated carbocycles. The van der Waals surface area contributed by atoms with Gasteiger partial charge in [0.1, 0.15) is 0 Å². The molecule has 0 radical (unpaired) electrons. The fourth-order valence-electron chi connectivity index (χ4n) is 2.31. The Kier molecular flexibility index (Phi) is 3.43. The van der Waals surface area contributed by atoms with Crippen LogP contribution in [0.1, 0.15) is 21.7 Å². The molecule has 4 heteroatoms. The van der Waals surface area contributed by atoms with Crippen molar-refractivity contribution in [2.45, 2.75) is 6.92 Å². The molecule has 0 atom stereocenters. The number of methoxy groups -OCH3 is 1. The highest BCUT2D eigenvalue weighted by Crippen LogP contribution is 2.33. The molecule has 0 fully saturated rings. The van der Waals surface area contributed by atoms with Crippen LogP contribution in [0, 0.1) is 6.92 Å². The zero-order valence-electron chi connectivity index (χ0n) is 11.6. The molecule has 2 aromatic carbocycles. The maximum atomic E-state index is 12.6. The van der Waals surface area contributed by atoms with Crippen LogP contribution < -0.4 is 4.74 Å². The van der Waals surface area contributed by atoms with Crippen molar-refractivity contribution >= 4 is 28.4 Å². The van der Waals surface area contributed by atoms with Crippen molar-refractivity contribution in [2.24, 2.45) is 0 Å². The smallest absolute Gasteiger partial charge is 0.228 e. The number of hydrogen-bond donors (Lipinski definition) is 0. The number of carbonyl (C=O) groups is 1. The van der Waals surface area contributed by atoms with Gasteiger partial charge in [0.2, 0.25) is 5.78 Å². The van der Waals surface area contributed by atoms with Crippen LogP contribution >= 0.6 is 11.6 Å². The number of aryl methyl sites for hydroxylation is 1. The van der Waals surface area contributed by atoms with E-state index in [1.807, 2.05) is 25.1 Å². The molecular weight excluding hydrogens is 288 g/mol. The second-order valence-corrected chi connectivity index (χ2v) is 5.22. The Hall–Kier alpha value is -2.26. The molecule has 1 aromatic heterocycles. The molecule has 0 aliphatic heterocycles. The zero-order valence-corrected chi connectivity index (χ0v) is 12.4. The first-order chi connectivity index (χ1) is 10.1. The highest BCUT2D eigenvalue weighted by molar-refractivity contribution is 6.31. The van der Waals surface area contributed by atoms with Gasteiger partial charge in [0, 0.05) is 22.0 Å². The molecule has 0 aliphatic rings. The van der Waals surface area contributed by atoms with Crippen molar-refractivity contribution in [1.82, 2.24) is 0 Å². The van der Waals surface area contributed by atoms with Crippen LogP contribution in [0.15, 0.2) is 46.9 Å². The molecule has 0 N–H and O–H groups in total. The van der Waals surface area contributed by atoms with Gasteiger partial charge in [-0.2, -0.15) is 0 Å². The Labute approximate surface area is 127 Å². The first-order valence-electron chi connectivity index (χ1n) is 6.47. The first-order valence-corrected chi connectivity index (χ1v) is 6.85. The number of ketones is 1. The Bertz CT molecular complexity index is 833. The lowest BCUT2D eigenvalue weighted by molar-refractivity contribution is 0.101. The maximum absolute atomic E-state index is 12.6. The molecule has 0 spiro atoms. The number of hydrogen-bond acceptors (Lipinski definition) is 3. The standard InChI is InChI=1S/C17H13ClO3/c1-10-5-3-4-6-13(10)16(19)14-8-11-7-12(18)9-15(20-2)17(11)21-14/h3-9H,1-2H3. The number of halogens is 1. The minimum atomic E-state index is -0.150. The highest BCUT2D eigenvalue weighted by Gasteiger charge is 2.18. The van der Waals surface area contributed by atoms with E-state index in [9.17, 15) is 4.79 Å². The Morgan fingerprint density at radius 1 is 1.19 bits per heavy atom. The van der Waals surface area contributed by atoms with Crippen molar-refractivity contribution in [1.29, 1.82) is 0 Å². The third kappa shape index (κ3) is 2.41. The fraction of sp³-hybridized carbons (Fsp3) is 0.118. The van der Waals surface area contributed by atoms with Gasteiger partial charge in [-0.05, 0) is 24.6 Å². The summed E-state index contributed by atoms with van der Waals surface area (Å²) in [6, 6.07) is 12.5. The van der Waals surface area contributed by atoms with Crippen LogP contribution in [0.2, 0.25) is 5.02 Å². The summed E-state index contributed by atoms with van der Waals surface area (Å²) < 4.78 is 10.9. The van der Waals surface area contributed by atoms with E-state index in [0.29, 0.717) is 21.9 Å². The number of fused-ring (bicyclic) bond motifs is 1. The van der Waals surface area contributed by atoms with Gasteiger partial charge in [0.15, 0.2) is 17.1 Å². The van der Waals surface area contributed by atoms with Crippen molar-refractivity contribution in [3.63, 3.8) is 0 Å². The van der Waals surface area contributed by atoms with Crippen LogP contribution in [0.4, 0.5) is 0 Å². The SMILES string of the molecule is COc1cc(Cl)cc2cc(C(=O)c3ccccc3C)oc12. The van der Waals surface area contributed by atoms with E-state index in [1.54, 1.807) is 24.3 Å². The Morgan fingerprint density at radius 2 is 1.95 bits per heavy atom. The lowest BCUT2D eigenvalue weighted by Gasteiger charge is -2.02. The summed E-state index contributed by atoms with van der Waals surface area (Å²) >= 11 is 6.03.